The Hall–Kier alpha value is -1.94. The minimum atomic E-state index is 0.176. The highest BCUT2D eigenvalue weighted by atomic mass is 16.5. The first-order chi connectivity index (χ1) is 29.5. The third-order valence-corrected chi connectivity index (χ3v) is 11.4. The summed E-state index contributed by atoms with van der Waals surface area (Å²) in [5, 5.41) is 0. The molecule has 0 aromatic rings. The summed E-state index contributed by atoms with van der Waals surface area (Å²) in [6.45, 7) is 16.8. The Morgan fingerprint density at radius 1 is 0.383 bits per heavy atom. The molecule has 0 rings (SSSR count). The van der Waals surface area contributed by atoms with E-state index < -0.39 is 0 Å². The molecule has 0 aliphatic rings. The molecule has 9 nitrogen and oxygen atoms in total. The van der Waals surface area contributed by atoms with Crippen molar-refractivity contribution in [2.24, 2.45) is 27.2 Å². The van der Waals surface area contributed by atoms with Crippen molar-refractivity contribution in [2.75, 3.05) is 78.8 Å². The molecular weight excluding hydrogens is 743 g/mol. The number of nitrogens with two attached hydrogens (primary N) is 3. The van der Waals surface area contributed by atoms with Crippen LogP contribution in [0, 0.1) is 0 Å². The maximum absolute atomic E-state index is 6.04. The highest BCUT2D eigenvalue weighted by Gasteiger charge is 2.07. The van der Waals surface area contributed by atoms with Gasteiger partial charge >= 0.3 is 0 Å². The number of allylic oxidation sites excluding steroid dienone is 4. The molecule has 0 aromatic carbocycles. The van der Waals surface area contributed by atoms with Gasteiger partial charge in [0.15, 0.2) is 5.96 Å². The lowest BCUT2D eigenvalue weighted by Crippen LogP contribution is -2.31. The SMILES string of the molecule is CCCCCCCCC=CCCCCCCCCN(CCCN=C(C)N)CCOCCOCCN(CCCCCCCC/C=C/CCCCCCCC)CCCN=C(N)N. The molecule has 0 saturated heterocycles. The van der Waals surface area contributed by atoms with Crippen molar-refractivity contribution >= 4 is 11.8 Å². The number of hydrogen-bond donors (Lipinski definition) is 3. The van der Waals surface area contributed by atoms with Gasteiger partial charge in [0, 0.05) is 26.2 Å². The zero-order valence-electron chi connectivity index (χ0n) is 40.3. The van der Waals surface area contributed by atoms with E-state index >= 15 is 0 Å². The standard InChI is InChI=1S/C51H103N7O2/c1-4-6-8-10-12-14-16-18-20-22-24-26-28-30-32-34-40-57(42-36-38-55-50(3)52)44-46-59-48-49-60-47-45-58(43-37-39-56-51(53)54)41-35-33-31-29-27-25-23-21-19-17-15-13-11-9-7-5-2/h18-21H,4-17,22-49H2,1-3H3,(H2,52,55)(H4,53,54,56)/b20-18?,21-19+. The van der Waals surface area contributed by atoms with Gasteiger partial charge in [-0.05, 0) is 110 Å². The number of rotatable bonds is 49. The molecule has 354 valence electrons. The van der Waals surface area contributed by atoms with E-state index in [-0.39, 0.29) is 5.96 Å². The summed E-state index contributed by atoms with van der Waals surface area (Å²) >= 11 is 0. The summed E-state index contributed by atoms with van der Waals surface area (Å²) in [5.41, 5.74) is 16.9. The number of ether oxygens (including phenoxy) is 2. The van der Waals surface area contributed by atoms with Crippen LogP contribution in [0.2, 0.25) is 0 Å². The van der Waals surface area contributed by atoms with E-state index in [4.69, 9.17) is 26.7 Å². The summed E-state index contributed by atoms with van der Waals surface area (Å²) < 4.78 is 12.1. The Balaban J connectivity index is 4.18. The summed E-state index contributed by atoms with van der Waals surface area (Å²) in [4.78, 5) is 13.6. The van der Waals surface area contributed by atoms with Crippen LogP contribution in [0.25, 0.3) is 0 Å². The number of guanidine groups is 1. The van der Waals surface area contributed by atoms with Crippen LogP contribution in [0.1, 0.15) is 213 Å². The van der Waals surface area contributed by atoms with Crippen LogP contribution in [-0.4, -0.2) is 100 Å². The Morgan fingerprint density at radius 3 is 1.05 bits per heavy atom. The minimum absolute atomic E-state index is 0.176. The molecule has 9 heteroatoms. The topological polar surface area (TPSA) is 128 Å². The molecule has 0 atom stereocenters. The first-order valence-electron chi connectivity index (χ1n) is 25.7. The number of unbranched alkanes of at least 4 members (excludes halogenated alkanes) is 24. The molecule has 0 heterocycles. The zero-order chi connectivity index (χ0) is 43.7. The van der Waals surface area contributed by atoms with Gasteiger partial charge in [0.1, 0.15) is 0 Å². The van der Waals surface area contributed by atoms with E-state index in [1.165, 1.54) is 180 Å². The molecule has 0 spiro atoms. The van der Waals surface area contributed by atoms with E-state index in [0.29, 0.717) is 25.6 Å². The minimum Gasteiger partial charge on any atom is -0.388 e. The molecule has 0 amide bonds. The molecule has 0 aliphatic heterocycles. The average Bonchev–Trinajstić information content (AvgIpc) is 3.23. The van der Waals surface area contributed by atoms with Gasteiger partial charge in [0.05, 0.1) is 32.3 Å². The quantitative estimate of drug-likeness (QED) is 0.0241. The fourth-order valence-electron chi connectivity index (χ4n) is 7.60. The molecule has 60 heavy (non-hydrogen) atoms. The third kappa shape index (κ3) is 48.7. The predicted octanol–water partition coefficient (Wildman–Crippen LogP) is 12.1. The maximum atomic E-state index is 6.04. The summed E-state index contributed by atoms with van der Waals surface area (Å²) in [5.74, 6) is 0.848. The molecule has 0 bridgehead atoms. The summed E-state index contributed by atoms with van der Waals surface area (Å²) in [6.07, 6.45) is 49.1. The van der Waals surface area contributed by atoms with Gasteiger partial charge in [-0.3, -0.25) is 9.98 Å². The molecule has 0 unspecified atom stereocenters. The number of hydrogen-bond acceptors (Lipinski definition) is 6. The first-order valence-corrected chi connectivity index (χ1v) is 25.7. The molecule has 0 saturated carbocycles. The second-order valence-corrected chi connectivity index (χ2v) is 17.3. The monoisotopic (exact) mass is 846 g/mol. The number of amidine groups is 1. The van der Waals surface area contributed by atoms with Gasteiger partial charge in [0.25, 0.3) is 0 Å². The highest BCUT2D eigenvalue weighted by Crippen LogP contribution is 2.12. The molecule has 0 fully saturated rings. The second kappa shape index (κ2) is 49.7. The summed E-state index contributed by atoms with van der Waals surface area (Å²) in [7, 11) is 0. The van der Waals surface area contributed by atoms with Gasteiger partial charge in [-0.25, -0.2) is 0 Å². The van der Waals surface area contributed by atoms with Gasteiger partial charge in [-0.1, -0.05) is 154 Å². The van der Waals surface area contributed by atoms with Crippen LogP contribution < -0.4 is 17.2 Å². The van der Waals surface area contributed by atoms with Crippen LogP contribution in [0.5, 0.6) is 0 Å². The fraction of sp³-hybridized carbons (Fsp3) is 0.882. The van der Waals surface area contributed by atoms with E-state index in [0.717, 1.165) is 71.9 Å². The maximum Gasteiger partial charge on any atom is 0.185 e. The Bertz CT molecular complexity index is 889. The van der Waals surface area contributed by atoms with Crippen molar-refractivity contribution in [1.29, 1.82) is 0 Å². The Kier molecular flexibility index (Phi) is 48.1. The molecule has 0 radical (unpaired) electrons. The number of aliphatic imine (C=N–C) groups is 2. The van der Waals surface area contributed by atoms with Crippen molar-refractivity contribution < 1.29 is 9.47 Å². The van der Waals surface area contributed by atoms with E-state index in [1.807, 2.05) is 6.92 Å². The average molecular weight is 846 g/mol. The van der Waals surface area contributed by atoms with Gasteiger partial charge in [-0.2, -0.15) is 0 Å². The van der Waals surface area contributed by atoms with Crippen molar-refractivity contribution in [3.63, 3.8) is 0 Å². The van der Waals surface area contributed by atoms with Crippen molar-refractivity contribution in [2.45, 2.75) is 213 Å². The molecule has 6 N–H and O–H groups in total. The van der Waals surface area contributed by atoms with Crippen LogP contribution in [0.15, 0.2) is 34.3 Å². The van der Waals surface area contributed by atoms with Crippen molar-refractivity contribution in [1.82, 2.24) is 9.80 Å². The predicted molar refractivity (Wildman–Crippen MR) is 265 cm³/mol. The lowest BCUT2D eigenvalue weighted by atomic mass is 10.1. The third-order valence-electron chi connectivity index (χ3n) is 11.4. The molecule has 0 aliphatic carbocycles. The normalized spacial score (nSPS) is 12.3. The van der Waals surface area contributed by atoms with Gasteiger partial charge in [0.2, 0.25) is 0 Å². The van der Waals surface area contributed by atoms with E-state index in [9.17, 15) is 0 Å². The molecular formula is C51H103N7O2. The van der Waals surface area contributed by atoms with Crippen LogP contribution in [0.4, 0.5) is 0 Å². The van der Waals surface area contributed by atoms with Crippen LogP contribution in [0.3, 0.4) is 0 Å². The lowest BCUT2D eigenvalue weighted by Gasteiger charge is -2.22. The zero-order valence-corrected chi connectivity index (χ0v) is 40.3. The largest absolute Gasteiger partial charge is 0.388 e. The fourth-order valence-corrected chi connectivity index (χ4v) is 7.60. The van der Waals surface area contributed by atoms with Crippen molar-refractivity contribution in [3.8, 4) is 0 Å². The highest BCUT2D eigenvalue weighted by molar-refractivity contribution is 5.77. The van der Waals surface area contributed by atoms with E-state index in [1.54, 1.807) is 0 Å². The lowest BCUT2D eigenvalue weighted by molar-refractivity contribution is 0.0307. The Morgan fingerprint density at radius 2 is 0.700 bits per heavy atom. The van der Waals surface area contributed by atoms with Crippen molar-refractivity contribution in [3.05, 3.63) is 24.3 Å². The van der Waals surface area contributed by atoms with Crippen LogP contribution >= 0.6 is 0 Å². The van der Waals surface area contributed by atoms with E-state index in [2.05, 4.69) is 57.9 Å². The Labute approximate surface area is 373 Å². The van der Waals surface area contributed by atoms with Gasteiger partial charge in [-0.15, -0.1) is 0 Å². The smallest absolute Gasteiger partial charge is 0.185 e. The first kappa shape index (κ1) is 58.1. The number of nitrogens with zero attached hydrogens (tertiary/aromatic N) is 4. The molecule has 0 aromatic heterocycles. The second-order valence-electron chi connectivity index (χ2n) is 17.3. The van der Waals surface area contributed by atoms with Gasteiger partial charge < -0.3 is 36.5 Å². The van der Waals surface area contributed by atoms with Crippen LogP contribution in [-0.2, 0) is 9.47 Å². The summed E-state index contributed by atoms with van der Waals surface area (Å²) in [6, 6.07) is 0.